The first kappa shape index (κ1) is 9.65. The lowest BCUT2D eigenvalue weighted by molar-refractivity contribution is -0.114. The molecule has 15 heavy (non-hydrogen) atoms. The van der Waals surface area contributed by atoms with Gasteiger partial charge in [-0.25, -0.2) is 0 Å². The minimum atomic E-state index is -0.119. The second-order valence-corrected chi connectivity index (χ2v) is 3.55. The molecule has 1 aromatic carbocycles. The quantitative estimate of drug-likeness (QED) is 0.648. The molecular weight excluding hydrogens is 190 g/mol. The summed E-state index contributed by atoms with van der Waals surface area (Å²) in [5, 5.41) is 0. The van der Waals surface area contributed by atoms with E-state index in [0.717, 1.165) is 11.3 Å². The molecule has 3 nitrogen and oxygen atoms in total. The van der Waals surface area contributed by atoms with Crippen molar-refractivity contribution in [2.75, 3.05) is 11.9 Å². The van der Waals surface area contributed by atoms with Crippen LogP contribution in [0.25, 0.3) is 5.57 Å². The van der Waals surface area contributed by atoms with Gasteiger partial charge < -0.3 is 4.90 Å². The number of para-hydroxylation sites is 1. The summed E-state index contributed by atoms with van der Waals surface area (Å²) in [6.07, 6.45) is 1.39. The monoisotopic (exact) mass is 201 g/mol. The molecule has 0 spiro atoms. The van der Waals surface area contributed by atoms with Crippen molar-refractivity contribution in [2.45, 2.75) is 6.92 Å². The first-order valence-corrected chi connectivity index (χ1v) is 4.71. The number of benzene rings is 1. The van der Waals surface area contributed by atoms with E-state index in [4.69, 9.17) is 0 Å². The minimum absolute atomic E-state index is 0.108. The maximum atomic E-state index is 11.8. The third-order valence-corrected chi connectivity index (χ3v) is 2.44. The molecule has 0 N–H and O–H groups in total. The average molecular weight is 201 g/mol. The molecule has 0 radical (unpaired) electrons. The van der Waals surface area contributed by atoms with Gasteiger partial charge in [0, 0.05) is 12.6 Å². The molecule has 76 valence electrons. The topological polar surface area (TPSA) is 37.4 Å². The number of carbonyl (C=O) groups is 2. The van der Waals surface area contributed by atoms with Crippen LogP contribution in [0.3, 0.4) is 0 Å². The zero-order valence-electron chi connectivity index (χ0n) is 8.65. The lowest BCUT2D eigenvalue weighted by Crippen LogP contribution is -2.20. The molecule has 1 aliphatic rings. The number of likely N-dealkylation sites (N-methyl/N-ethyl adjacent to an activating group) is 1. The zero-order chi connectivity index (χ0) is 11.0. The summed E-state index contributed by atoms with van der Waals surface area (Å²) in [4.78, 5) is 24.4. The molecule has 2 rings (SSSR count). The Bertz CT molecular complexity index is 474. The summed E-state index contributed by atoms with van der Waals surface area (Å²) in [6.45, 7) is 1.45. The molecule has 0 saturated heterocycles. The highest BCUT2D eigenvalue weighted by Crippen LogP contribution is 2.34. The molecule has 0 aliphatic carbocycles. The van der Waals surface area contributed by atoms with Crippen LogP contribution < -0.4 is 4.90 Å². The maximum Gasteiger partial charge on any atom is 0.258 e. The van der Waals surface area contributed by atoms with Crippen LogP contribution in [0.4, 0.5) is 5.69 Å². The van der Waals surface area contributed by atoms with Crippen molar-refractivity contribution in [1.82, 2.24) is 0 Å². The summed E-state index contributed by atoms with van der Waals surface area (Å²) < 4.78 is 0. The number of carbonyl (C=O) groups excluding carboxylic acids is 2. The molecule has 1 amide bonds. The van der Waals surface area contributed by atoms with Gasteiger partial charge >= 0.3 is 0 Å². The summed E-state index contributed by atoms with van der Waals surface area (Å²) in [6, 6.07) is 7.46. The van der Waals surface area contributed by atoms with E-state index < -0.39 is 0 Å². The van der Waals surface area contributed by atoms with E-state index in [-0.39, 0.29) is 11.7 Å². The van der Waals surface area contributed by atoms with Gasteiger partial charge in [-0.1, -0.05) is 18.2 Å². The molecule has 0 bridgehead atoms. The molecular formula is C12H11NO2. The number of nitrogens with zero attached hydrogens (tertiary/aromatic N) is 1. The lowest BCUT2D eigenvalue weighted by atomic mass is 10.1. The Morgan fingerprint density at radius 2 is 2.00 bits per heavy atom. The Labute approximate surface area is 88.0 Å². The number of allylic oxidation sites excluding steroid dienone is 1. The molecule has 1 aliphatic heterocycles. The van der Waals surface area contributed by atoms with Crippen molar-refractivity contribution in [3.63, 3.8) is 0 Å². The highest BCUT2D eigenvalue weighted by Gasteiger charge is 2.29. The Hall–Kier alpha value is -1.90. The standard InChI is InChI=1S/C12H11NO2/c1-8(14)7-10-9-5-3-4-6-11(9)13(2)12(10)15/h3-7H,1-2H3. The summed E-state index contributed by atoms with van der Waals surface area (Å²) in [5.74, 6) is -0.227. The van der Waals surface area contributed by atoms with Gasteiger partial charge in [-0.05, 0) is 19.1 Å². The molecule has 0 aromatic heterocycles. The Morgan fingerprint density at radius 3 is 2.67 bits per heavy atom. The largest absolute Gasteiger partial charge is 0.311 e. The molecule has 1 aromatic rings. The Kier molecular flexibility index (Phi) is 2.15. The highest BCUT2D eigenvalue weighted by molar-refractivity contribution is 6.34. The van der Waals surface area contributed by atoms with Crippen molar-refractivity contribution in [3.05, 3.63) is 35.9 Å². The first-order valence-electron chi connectivity index (χ1n) is 4.71. The molecule has 0 saturated carbocycles. The fourth-order valence-corrected chi connectivity index (χ4v) is 1.74. The molecule has 1 heterocycles. The first-order chi connectivity index (χ1) is 7.11. The smallest absolute Gasteiger partial charge is 0.258 e. The van der Waals surface area contributed by atoms with Gasteiger partial charge in [0.15, 0.2) is 5.78 Å². The van der Waals surface area contributed by atoms with Crippen LogP contribution in [0, 0.1) is 0 Å². The maximum absolute atomic E-state index is 11.8. The van der Waals surface area contributed by atoms with E-state index in [2.05, 4.69) is 0 Å². The van der Waals surface area contributed by atoms with E-state index in [0.29, 0.717) is 5.57 Å². The predicted octanol–water partition coefficient (Wildman–Crippen LogP) is 1.64. The van der Waals surface area contributed by atoms with Crippen molar-refractivity contribution in [2.24, 2.45) is 0 Å². The number of rotatable bonds is 1. The van der Waals surface area contributed by atoms with Crippen molar-refractivity contribution in [1.29, 1.82) is 0 Å². The lowest BCUT2D eigenvalue weighted by Gasteiger charge is -2.07. The van der Waals surface area contributed by atoms with Crippen molar-refractivity contribution >= 4 is 23.0 Å². The summed E-state index contributed by atoms with van der Waals surface area (Å²) in [7, 11) is 1.71. The number of ketones is 1. The summed E-state index contributed by atoms with van der Waals surface area (Å²) >= 11 is 0. The van der Waals surface area contributed by atoms with Crippen LogP contribution in [0.15, 0.2) is 30.3 Å². The van der Waals surface area contributed by atoms with Crippen LogP contribution >= 0.6 is 0 Å². The molecule has 0 fully saturated rings. The van der Waals surface area contributed by atoms with Crippen LogP contribution in [-0.4, -0.2) is 18.7 Å². The highest BCUT2D eigenvalue weighted by atomic mass is 16.2. The average Bonchev–Trinajstić information content (AvgIpc) is 2.44. The number of amides is 1. The van der Waals surface area contributed by atoms with Gasteiger partial charge in [0.1, 0.15) is 0 Å². The number of hydrogen-bond donors (Lipinski definition) is 0. The zero-order valence-corrected chi connectivity index (χ0v) is 8.65. The van der Waals surface area contributed by atoms with Crippen LogP contribution in [-0.2, 0) is 9.59 Å². The third-order valence-electron chi connectivity index (χ3n) is 2.44. The van der Waals surface area contributed by atoms with Gasteiger partial charge in [-0.15, -0.1) is 0 Å². The van der Waals surface area contributed by atoms with Crippen molar-refractivity contribution < 1.29 is 9.59 Å². The van der Waals surface area contributed by atoms with Gasteiger partial charge in [0.2, 0.25) is 0 Å². The van der Waals surface area contributed by atoms with Gasteiger partial charge in [-0.3, -0.25) is 9.59 Å². The summed E-state index contributed by atoms with van der Waals surface area (Å²) in [5.41, 5.74) is 2.18. The molecule has 0 atom stereocenters. The van der Waals surface area contributed by atoms with Gasteiger partial charge in [-0.2, -0.15) is 0 Å². The number of anilines is 1. The third kappa shape index (κ3) is 1.46. The van der Waals surface area contributed by atoms with Crippen LogP contribution in [0.1, 0.15) is 12.5 Å². The van der Waals surface area contributed by atoms with E-state index in [9.17, 15) is 9.59 Å². The fourth-order valence-electron chi connectivity index (χ4n) is 1.74. The van der Waals surface area contributed by atoms with Crippen LogP contribution in [0.2, 0.25) is 0 Å². The Balaban J connectivity index is 2.61. The van der Waals surface area contributed by atoms with Crippen molar-refractivity contribution in [3.8, 4) is 0 Å². The second-order valence-electron chi connectivity index (χ2n) is 3.55. The van der Waals surface area contributed by atoms with Crippen LogP contribution in [0.5, 0.6) is 0 Å². The van der Waals surface area contributed by atoms with E-state index in [1.165, 1.54) is 13.0 Å². The predicted molar refractivity (Wildman–Crippen MR) is 58.5 cm³/mol. The van der Waals surface area contributed by atoms with E-state index in [1.807, 2.05) is 24.3 Å². The van der Waals surface area contributed by atoms with E-state index in [1.54, 1.807) is 11.9 Å². The van der Waals surface area contributed by atoms with Gasteiger partial charge in [0.25, 0.3) is 5.91 Å². The minimum Gasteiger partial charge on any atom is -0.311 e. The second kappa shape index (κ2) is 3.35. The normalized spacial score (nSPS) is 17.1. The number of fused-ring (bicyclic) bond motifs is 1. The van der Waals surface area contributed by atoms with E-state index >= 15 is 0 Å². The number of hydrogen-bond acceptors (Lipinski definition) is 2. The molecule has 3 heteroatoms. The Morgan fingerprint density at radius 1 is 1.33 bits per heavy atom. The molecule has 0 unspecified atom stereocenters. The SMILES string of the molecule is CC(=O)C=C1C(=O)N(C)c2ccccc21. The van der Waals surface area contributed by atoms with Gasteiger partial charge in [0.05, 0.1) is 11.3 Å². The fraction of sp³-hybridized carbons (Fsp3) is 0.167.